The lowest BCUT2D eigenvalue weighted by Gasteiger charge is -2.10. The van der Waals surface area contributed by atoms with Crippen LogP contribution >= 0.6 is 0 Å². The van der Waals surface area contributed by atoms with Gasteiger partial charge in [-0.2, -0.15) is 0 Å². The second-order valence-electron chi connectivity index (χ2n) is 4.80. The van der Waals surface area contributed by atoms with E-state index in [2.05, 4.69) is 0 Å². The van der Waals surface area contributed by atoms with Gasteiger partial charge in [0, 0.05) is 6.42 Å². The van der Waals surface area contributed by atoms with Crippen LogP contribution in [0.15, 0.2) is 42.5 Å². The minimum Gasteiger partial charge on any atom is -0.465 e. The predicted octanol–water partition coefficient (Wildman–Crippen LogP) is 3.15. The summed E-state index contributed by atoms with van der Waals surface area (Å²) in [5, 5.41) is 2.24. The molecule has 0 saturated carbocycles. The summed E-state index contributed by atoms with van der Waals surface area (Å²) in [4.78, 5) is 23.6. The van der Waals surface area contributed by atoms with Crippen molar-refractivity contribution in [1.82, 2.24) is 0 Å². The second-order valence-corrected chi connectivity index (χ2v) is 4.80. The van der Waals surface area contributed by atoms with Crippen LogP contribution in [0.3, 0.4) is 0 Å². The number of esters is 1. The molecule has 0 aliphatic carbocycles. The first-order chi connectivity index (χ1) is 9.61. The zero-order valence-electron chi connectivity index (χ0n) is 11.8. The van der Waals surface area contributed by atoms with Crippen LogP contribution in [0.1, 0.15) is 19.4 Å². The lowest BCUT2D eigenvalue weighted by Crippen LogP contribution is -2.24. The van der Waals surface area contributed by atoms with E-state index in [9.17, 15) is 9.59 Å². The Morgan fingerprint density at radius 3 is 2.50 bits per heavy atom. The van der Waals surface area contributed by atoms with E-state index < -0.39 is 11.9 Å². The van der Waals surface area contributed by atoms with E-state index in [1.165, 1.54) is 0 Å². The van der Waals surface area contributed by atoms with Crippen molar-refractivity contribution in [2.75, 3.05) is 6.61 Å². The summed E-state index contributed by atoms with van der Waals surface area (Å²) in [6.45, 7) is 3.63. The molecule has 0 saturated heterocycles. The molecular weight excluding hydrogens is 252 g/mol. The van der Waals surface area contributed by atoms with Gasteiger partial charge in [-0.1, -0.05) is 42.5 Å². The van der Waals surface area contributed by atoms with Crippen molar-refractivity contribution in [2.45, 2.75) is 20.3 Å². The first-order valence-corrected chi connectivity index (χ1v) is 6.79. The van der Waals surface area contributed by atoms with Crippen molar-refractivity contribution >= 4 is 22.5 Å². The molecule has 3 heteroatoms. The number of hydrogen-bond donors (Lipinski definition) is 0. The van der Waals surface area contributed by atoms with Crippen LogP contribution in [-0.2, 0) is 20.7 Å². The molecule has 20 heavy (non-hydrogen) atoms. The van der Waals surface area contributed by atoms with Gasteiger partial charge in [0.25, 0.3) is 0 Å². The largest absolute Gasteiger partial charge is 0.465 e. The third kappa shape index (κ3) is 3.23. The fourth-order valence-electron chi connectivity index (χ4n) is 2.10. The minimum absolute atomic E-state index is 0.112. The number of ether oxygens (including phenoxy) is 1. The fourth-order valence-corrected chi connectivity index (χ4v) is 2.10. The predicted molar refractivity (Wildman–Crippen MR) is 78.5 cm³/mol. The van der Waals surface area contributed by atoms with E-state index in [1.807, 2.05) is 42.5 Å². The lowest BCUT2D eigenvalue weighted by molar-refractivity contribution is -0.150. The number of Topliss-reactive ketones (excluding diaryl/α,β-unsaturated/α-hetero) is 1. The monoisotopic (exact) mass is 270 g/mol. The van der Waals surface area contributed by atoms with Crippen molar-refractivity contribution in [3.8, 4) is 0 Å². The zero-order chi connectivity index (χ0) is 14.5. The van der Waals surface area contributed by atoms with E-state index in [4.69, 9.17) is 4.74 Å². The maximum Gasteiger partial charge on any atom is 0.316 e. The third-order valence-corrected chi connectivity index (χ3v) is 3.32. The van der Waals surface area contributed by atoms with E-state index in [0.29, 0.717) is 6.61 Å². The Bertz CT molecular complexity index is 631. The SMILES string of the molecule is CCOC(=O)[C@H](C)C(=O)Cc1ccc2ccccc2c1. The van der Waals surface area contributed by atoms with Crippen LogP contribution in [0.4, 0.5) is 0 Å². The molecule has 104 valence electrons. The van der Waals surface area contributed by atoms with Crippen molar-refractivity contribution in [3.05, 3.63) is 48.0 Å². The Morgan fingerprint density at radius 2 is 1.80 bits per heavy atom. The molecule has 1 atom stereocenters. The van der Waals surface area contributed by atoms with Gasteiger partial charge < -0.3 is 4.74 Å². The summed E-state index contributed by atoms with van der Waals surface area (Å²) >= 11 is 0. The smallest absolute Gasteiger partial charge is 0.316 e. The van der Waals surface area contributed by atoms with Crippen LogP contribution < -0.4 is 0 Å². The molecular formula is C17H18O3. The van der Waals surface area contributed by atoms with Gasteiger partial charge in [0.1, 0.15) is 5.92 Å². The molecule has 0 aliphatic rings. The van der Waals surface area contributed by atoms with Gasteiger partial charge in [-0.3, -0.25) is 9.59 Å². The fraction of sp³-hybridized carbons (Fsp3) is 0.294. The maximum atomic E-state index is 12.1. The van der Waals surface area contributed by atoms with E-state index in [1.54, 1.807) is 13.8 Å². The molecule has 0 unspecified atom stereocenters. The molecule has 0 fully saturated rings. The number of carbonyl (C=O) groups is 2. The highest BCUT2D eigenvalue weighted by Crippen LogP contribution is 2.17. The topological polar surface area (TPSA) is 43.4 Å². The molecule has 0 bridgehead atoms. The molecule has 2 aromatic carbocycles. The van der Waals surface area contributed by atoms with Crippen LogP contribution in [0.5, 0.6) is 0 Å². The molecule has 0 spiro atoms. The molecule has 0 N–H and O–H groups in total. The first kappa shape index (κ1) is 14.3. The Morgan fingerprint density at radius 1 is 1.10 bits per heavy atom. The number of benzene rings is 2. The summed E-state index contributed by atoms with van der Waals surface area (Å²) in [5.74, 6) is -1.27. The molecule has 3 nitrogen and oxygen atoms in total. The van der Waals surface area contributed by atoms with Gasteiger partial charge in [-0.05, 0) is 30.2 Å². The standard InChI is InChI=1S/C17H18O3/c1-3-20-17(19)12(2)16(18)11-13-8-9-14-6-4-5-7-15(14)10-13/h4-10,12H,3,11H2,1-2H3/t12-/m1/s1. The number of ketones is 1. The summed E-state index contributed by atoms with van der Waals surface area (Å²) in [6, 6.07) is 13.9. The number of carbonyl (C=O) groups excluding carboxylic acids is 2. The average Bonchev–Trinajstić information content (AvgIpc) is 2.46. The summed E-state index contributed by atoms with van der Waals surface area (Å²) in [7, 11) is 0. The van der Waals surface area contributed by atoms with Gasteiger partial charge in [-0.15, -0.1) is 0 Å². The normalized spacial score (nSPS) is 12.1. The molecule has 0 heterocycles. The van der Waals surface area contributed by atoms with Crippen LogP contribution in [0, 0.1) is 5.92 Å². The van der Waals surface area contributed by atoms with E-state index >= 15 is 0 Å². The molecule has 2 aromatic rings. The van der Waals surface area contributed by atoms with Gasteiger partial charge in [0.05, 0.1) is 6.61 Å². The number of hydrogen-bond acceptors (Lipinski definition) is 3. The van der Waals surface area contributed by atoms with E-state index in [0.717, 1.165) is 16.3 Å². The van der Waals surface area contributed by atoms with Crippen molar-refractivity contribution < 1.29 is 14.3 Å². The van der Waals surface area contributed by atoms with Gasteiger partial charge >= 0.3 is 5.97 Å². The summed E-state index contributed by atoms with van der Waals surface area (Å²) in [5.41, 5.74) is 0.921. The highest BCUT2D eigenvalue weighted by Gasteiger charge is 2.22. The van der Waals surface area contributed by atoms with Gasteiger partial charge in [0.2, 0.25) is 0 Å². The lowest BCUT2D eigenvalue weighted by atomic mass is 9.98. The molecule has 2 rings (SSSR count). The minimum atomic E-state index is -0.707. The van der Waals surface area contributed by atoms with Gasteiger partial charge in [-0.25, -0.2) is 0 Å². The highest BCUT2D eigenvalue weighted by atomic mass is 16.5. The van der Waals surface area contributed by atoms with Crippen LogP contribution in [0.25, 0.3) is 10.8 Å². The van der Waals surface area contributed by atoms with Crippen LogP contribution in [-0.4, -0.2) is 18.4 Å². The van der Waals surface area contributed by atoms with Crippen molar-refractivity contribution in [2.24, 2.45) is 5.92 Å². The van der Waals surface area contributed by atoms with Gasteiger partial charge in [0.15, 0.2) is 5.78 Å². The Balaban J connectivity index is 2.11. The number of rotatable bonds is 5. The quantitative estimate of drug-likeness (QED) is 0.619. The van der Waals surface area contributed by atoms with E-state index in [-0.39, 0.29) is 12.2 Å². The Hall–Kier alpha value is -2.16. The summed E-state index contributed by atoms with van der Waals surface area (Å²) in [6.07, 6.45) is 0.255. The average molecular weight is 270 g/mol. The molecule has 0 radical (unpaired) electrons. The maximum absolute atomic E-state index is 12.1. The molecule has 0 aromatic heterocycles. The highest BCUT2D eigenvalue weighted by molar-refractivity contribution is 5.99. The summed E-state index contributed by atoms with van der Waals surface area (Å²) < 4.78 is 4.87. The van der Waals surface area contributed by atoms with Crippen LogP contribution in [0.2, 0.25) is 0 Å². The number of fused-ring (bicyclic) bond motifs is 1. The first-order valence-electron chi connectivity index (χ1n) is 6.79. The third-order valence-electron chi connectivity index (χ3n) is 3.32. The van der Waals surface area contributed by atoms with Crippen molar-refractivity contribution in [1.29, 1.82) is 0 Å². The molecule has 0 aliphatic heterocycles. The Labute approximate surface area is 118 Å². The zero-order valence-corrected chi connectivity index (χ0v) is 11.8. The molecule has 0 amide bonds. The second kappa shape index (κ2) is 6.33. The van der Waals surface area contributed by atoms with Crippen molar-refractivity contribution in [3.63, 3.8) is 0 Å². The Kier molecular flexibility index (Phi) is 4.51.